The number of nitrogens with zero attached hydrogens (tertiary/aromatic N) is 2. The van der Waals surface area contributed by atoms with Gasteiger partial charge in [-0.15, -0.1) is 11.3 Å². The van der Waals surface area contributed by atoms with Gasteiger partial charge in [0.2, 0.25) is 0 Å². The van der Waals surface area contributed by atoms with Crippen LogP contribution in [0.2, 0.25) is 0 Å². The number of benzene rings is 1. The maximum Gasteiger partial charge on any atom is 0.254 e. The lowest BCUT2D eigenvalue weighted by Gasteiger charge is -2.34. The zero-order valence-electron chi connectivity index (χ0n) is 13.7. The van der Waals surface area contributed by atoms with Gasteiger partial charge in [0.05, 0.1) is 0 Å². The lowest BCUT2D eigenvalue weighted by atomic mass is 10.1. The first-order chi connectivity index (χ1) is 11.4. The van der Waals surface area contributed by atoms with Crippen molar-refractivity contribution in [2.45, 2.75) is 18.1 Å². The van der Waals surface area contributed by atoms with E-state index in [2.05, 4.69) is 0 Å². The maximum atomic E-state index is 12.6. The van der Waals surface area contributed by atoms with E-state index in [9.17, 15) is 13.2 Å². The van der Waals surface area contributed by atoms with Gasteiger partial charge in [0.15, 0.2) is 0 Å². The van der Waals surface area contributed by atoms with Gasteiger partial charge < -0.3 is 4.90 Å². The van der Waals surface area contributed by atoms with Crippen LogP contribution in [0.5, 0.6) is 0 Å². The molecule has 128 valence electrons. The Balaban J connectivity index is 1.70. The molecular formula is C17H20N2O3S2. The summed E-state index contributed by atoms with van der Waals surface area (Å²) in [5.74, 6) is -0.0304. The molecule has 1 aromatic carbocycles. The van der Waals surface area contributed by atoms with Crippen LogP contribution in [0, 0.1) is 13.8 Å². The van der Waals surface area contributed by atoms with Crippen LogP contribution >= 0.6 is 11.3 Å². The van der Waals surface area contributed by atoms with Crippen molar-refractivity contribution in [3.05, 3.63) is 52.4 Å². The van der Waals surface area contributed by atoms with Crippen molar-refractivity contribution in [2.24, 2.45) is 0 Å². The molecular weight excluding hydrogens is 344 g/mol. The summed E-state index contributed by atoms with van der Waals surface area (Å²) in [4.78, 5) is 15.3. The van der Waals surface area contributed by atoms with Gasteiger partial charge in [0.25, 0.3) is 15.9 Å². The summed E-state index contributed by atoms with van der Waals surface area (Å²) >= 11 is 1.28. The highest BCUT2D eigenvalue weighted by Crippen LogP contribution is 2.25. The van der Waals surface area contributed by atoms with Crippen LogP contribution in [0.25, 0.3) is 0 Å². The second-order valence-corrected chi connectivity index (χ2v) is 9.33. The van der Waals surface area contributed by atoms with E-state index in [0.29, 0.717) is 36.0 Å². The molecule has 0 aliphatic carbocycles. The number of rotatable bonds is 3. The van der Waals surface area contributed by atoms with Crippen LogP contribution in [0.3, 0.4) is 0 Å². The highest BCUT2D eigenvalue weighted by atomic mass is 32.2. The fourth-order valence-corrected chi connectivity index (χ4v) is 5.65. The Morgan fingerprint density at radius 1 is 1.00 bits per heavy atom. The highest BCUT2D eigenvalue weighted by Gasteiger charge is 2.31. The first-order valence-electron chi connectivity index (χ1n) is 7.81. The summed E-state index contributed by atoms with van der Waals surface area (Å²) in [7, 11) is -3.45. The fraction of sp³-hybridized carbons (Fsp3) is 0.353. The largest absolute Gasteiger partial charge is 0.336 e. The molecule has 0 N–H and O–H groups in total. The van der Waals surface area contributed by atoms with Gasteiger partial charge in [-0.2, -0.15) is 4.31 Å². The molecule has 0 atom stereocenters. The summed E-state index contributed by atoms with van der Waals surface area (Å²) in [5.41, 5.74) is 1.62. The molecule has 5 nitrogen and oxygen atoms in total. The molecule has 2 heterocycles. The zero-order chi connectivity index (χ0) is 17.3. The normalized spacial score (nSPS) is 16.3. The van der Waals surface area contributed by atoms with Crippen molar-refractivity contribution in [1.29, 1.82) is 0 Å². The summed E-state index contributed by atoms with van der Waals surface area (Å²) in [6, 6.07) is 10.9. The first-order valence-corrected chi connectivity index (χ1v) is 10.1. The minimum atomic E-state index is -3.45. The second kappa shape index (κ2) is 6.66. The maximum absolute atomic E-state index is 12.6. The third-order valence-corrected chi connectivity index (χ3v) is 7.58. The first kappa shape index (κ1) is 17.1. The van der Waals surface area contributed by atoms with Crippen LogP contribution in [0.15, 0.2) is 40.6 Å². The van der Waals surface area contributed by atoms with Crippen molar-refractivity contribution < 1.29 is 13.2 Å². The van der Waals surface area contributed by atoms with Crippen molar-refractivity contribution in [3.63, 3.8) is 0 Å². The molecule has 0 bridgehead atoms. The summed E-state index contributed by atoms with van der Waals surface area (Å²) < 4.78 is 27.1. The Morgan fingerprint density at radius 3 is 2.25 bits per heavy atom. The summed E-state index contributed by atoms with van der Waals surface area (Å²) in [6.07, 6.45) is 0. The van der Waals surface area contributed by atoms with E-state index < -0.39 is 10.0 Å². The van der Waals surface area contributed by atoms with E-state index >= 15 is 0 Å². The average Bonchev–Trinajstić information content (AvgIpc) is 3.02. The van der Waals surface area contributed by atoms with Gasteiger partial charge in [0.1, 0.15) is 4.21 Å². The molecule has 1 aliphatic rings. The zero-order valence-corrected chi connectivity index (χ0v) is 15.4. The SMILES string of the molecule is Cc1ccc(S(=O)(=O)N2CCN(C(=O)c3ccccc3C)CC2)s1. The van der Waals surface area contributed by atoms with Gasteiger partial charge >= 0.3 is 0 Å². The second-order valence-electron chi connectivity index (χ2n) is 5.88. The van der Waals surface area contributed by atoms with E-state index in [4.69, 9.17) is 0 Å². The summed E-state index contributed by atoms with van der Waals surface area (Å²) in [5, 5.41) is 0. The number of thiophene rings is 1. The van der Waals surface area contributed by atoms with Gasteiger partial charge in [-0.3, -0.25) is 4.79 Å². The smallest absolute Gasteiger partial charge is 0.254 e. The van der Waals surface area contributed by atoms with E-state index in [1.54, 1.807) is 11.0 Å². The third-order valence-electron chi connectivity index (χ3n) is 4.21. The minimum Gasteiger partial charge on any atom is -0.336 e. The lowest BCUT2D eigenvalue weighted by molar-refractivity contribution is 0.0697. The van der Waals surface area contributed by atoms with Crippen LogP contribution in [-0.4, -0.2) is 49.7 Å². The van der Waals surface area contributed by atoms with Gasteiger partial charge in [-0.05, 0) is 37.6 Å². The molecule has 2 aromatic rings. The number of sulfonamides is 1. The van der Waals surface area contributed by atoms with Crippen LogP contribution in [0.1, 0.15) is 20.8 Å². The van der Waals surface area contributed by atoms with Crippen molar-refractivity contribution in [3.8, 4) is 0 Å². The third kappa shape index (κ3) is 3.24. The number of aryl methyl sites for hydroxylation is 2. The highest BCUT2D eigenvalue weighted by molar-refractivity contribution is 7.91. The molecule has 0 saturated carbocycles. The number of carbonyl (C=O) groups is 1. The van der Waals surface area contributed by atoms with Crippen molar-refractivity contribution in [1.82, 2.24) is 9.21 Å². The molecule has 0 unspecified atom stereocenters. The van der Waals surface area contributed by atoms with Gasteiger partial charge in [-0.25, -0.2) is 8.42 Å². The molecule has 1 fully saturated rings. The molecule has 0 spiro atoms. The van der Waals surface area contributed by atoms with E-state index in [-0.39, 0.29) is 5.91 Å². The number of amides is 1. The number of piperazine rings is 1. The Kier molecular flexibility index (Phi) is 4.76. The Labute approximate surface area is 146 Å². The monoisotopic (exact) mass is 364 g/mol. The molecule has 1 aliphatic heterocycles. The van der Waals surface area contributed by atoms with Crippen molar-refractivity contribution >= 4 is 27.3 Å². The van der Waals surface area contributed by atoms with E-state index in [0.717, 1.165) is 10.4 Å². The van der Waals surface area contributed by atoms with Crippen LogP contribution in [0.4, 0.5) is 0 Å². The average molecular weight is 364 g/mol. The van der Waals surface area contributed by atoms with Crippen molar-refractivity contribution in [2.75, 3.05) is 26.2 Å². The Hall–Kier alpha value is -1.70. The standard InChI is InChI=1S/C17H20N2O3S2/c1-13-5-3-4-6-15(13)17(20)18-9-11-19(12-10-18)24(21,22)16-8-7-14(2)23-16/h3-8H,9-12H2,1-2H3. The van der Waals surface area contributed by atoms with Crippen LogP contribution in [-0.2, 0) is 10.0 Å². The van der Waals surface area contributed by atoms with Crippen LogP contribution < -0.4 is 0 Å². The van der Waals surface area contributed by atoms with Gasteiger partial charge in [-0.1, -0.05) is 18.2 Å². The number of hydrogen-bond donors (Lipinski definition) is 0. The fourth-order valence-electron chi connectivity index (χ4n) is 2.79. The van der Waals surface area contributed by atoms with E-state index in [1.165, 1.54) is 15.6 Å². The Bertz CT molecular complexity index is 850. The molecule has 24 heavy (non-hydrogen) atoms. The number of hydrogen-bond acceptors (Lipinski definition) is 4. The summed E-state index contributed by atoms with van der Waals surface area (Å²) in [6.45, 7) is 5.29. The lowest BCUT2D eigenvalue weighted by Crippen LogP contribution is -2.50. The quantitative estimate of drug-likeness (QED) is 0.841. The molecule has 1 amide bonds. The minimum absolute atomic E-state index is 0.0304. The molecule has 3 rings (SSSR count). The van der Waals surface area contributed by atoms with E-state index in [1.807, 2.05) is 44.2 Å². The predicted molar refractivity (Wildman–Crippen MR) is 94.9 cm³/mol. The predicted octanol–water partition coefficient (Wildman–Crippen LogP) is 2.51. The topological polar surface area (TPSA) is 57.7 Å². The molecule has 0 radical (unpaired) electrons. The van der Waals surface area contributed by atoms with Gasteiger partial charge in [0, 0.05) is 36.6 Å². The molecule has 1 aromatic heterocycles. The molecule has 1 saturated heterocycles. The molecule has 7 heteroatoms. The number of carbonyl (C=O) groups excluding carboxylic acids is 1. The Morgan fingerprint density at radius 2 is 1.67 bits per heavy atom.